The Bertz CT molecular complexity index is 1160. The molecule has 32 heavy (non-hydrogen) atoms. The molecule has 0 radical (unpaired) electrons. The van der Waals surface area contributed by atoms with E-state index in [0.29, 0.717) is 24.9 Å². The standard InChI is InChI=1S/C21H22FN5O5/c1-26-18(31)16(29)15(17(30)23-10-12-3-5-13(22)6-4-12)25-20(26)27-8-2-7-21(11-27)9-14(28)24-19(21)32/h3-6,29H,2,7-11H2,1H3,(H,23,30)(H,24,28,32). The number of nitrogens with zero attached hydrogens (tertiary/aromatic N) is 3. The van der Waals surface area contributed by atoms with Gasteiger partial charge in [0.25, 0.3) is 11.5 Å². The third kappa shape index (κ3) is 3.81. The molecule has 2 fully saturated rings. The molecule has 2 aliphatic heterocycles. The van der Waals surface area contributed by atoms with Gasteiger partial charge in [-0.25, -0.2) is 9.37 Å². The van der Waals surface area contributed by atoms with Gasteiger partial charge in [0.15, 0.2) is 5.69 Å². The van der Waals surface area contributed by atoms with Crippen LogP contribution in [0.1, 0.15) is 35.3 Å². The maximum absolute atomic E-state index is 13.0. The van der Waals surface area contributed by atoms with Crippen LogP contribution in [0.4, 0.5) is 10.3 Å². The van der Waals surface area contributed by atoms with Crippen LogP contribution in [0.2, 0.25) is 0 Å². The second kappa shape index (κ2) is 8.06. The Kier molecular flexibility index (Phi) is 5.41. The lowest BCUT2D eigenvalue weighted by Crippen LogP contribution is -2.49. The zero-order chi connectivity index (χ0) is 23.0. The Morgan fingerprint density at radius 1 is 1.28 bits per heavy atom. The molecular weight excluding hydrogens is 421 g/mol. The van der Waals surface area contributed by atoms with Gasteiger partial charge in [0, 0.05) is 33.1 Å². The van der Waals surface area contributed by atoms with Crippen molar-refractivity contribution in [2.75, 3.05) is 18.0 Å². The van der Waals surface area contributed by atoms with Gasteiger partial charge in [-0.3, -0.25) is 29.1 Å². The second-order valence-corrected chi connectivity index (χ2v) is 8.14. The number of imide groups is 1. The predicted octanol–water partition coefficient (Wildman–Crippen LogP) is 0.188. The smallest absolute Gasteiger partial charge is 0.297 e. The number of halogens is 1. The number of hydrogen-bond acceptors (Lipinski definition) is 7. The lowest BCUT2D eigenvalue weighted by atomic mass is 9.78. The van der Waals surface area contributed by atoms with Gasteiger partial charge in [-0.05, 0) is 30.5 Å². The highest BCUT2D eigenvalue weighted by Crippen LogP contribution is 2.38. The first-order valence-corrected chi connectivity index (χ1v) is 10.1. The number of anilines is 1. The minimum absolute atomic E-state index is 0.0416. The maximum atomic E-state index is 13.0. The Balaban J connectivity index is 1.60. The molecule has 11 heteroatoms. The average Bonchev–Trinajstić information content (AvgIpc) is 3.03. The van der Waals surface area contributed by atoms with Crippen LogP contribution < -0.4 is 21.1 Å². The van der Waals surface area contributed by atoms with E-state index < -0.39 is 34.1 Å². The second-order valence-electron chi connectivity index (χ2n) is 8.14. The lowest BCUT2D eigenvalue weighted by Gasteiger charge is -2.38. The molecule has 4 rings (SSSR count). The molecule has 1 unspecified atom stereocenters. The van der Waals surface area contributed by atoms with Crippen LogP contribution in [0.5, 0.6) is 5.75 Å². The van der Waals surface area contributed by atoms with Crippen LogP contribution in [-0.4, -0.2) is 45.5 Å². The number of amides is 3. The third-order valence-corrected chi connectivity index (χ3v) is 5.92. The van der Waals surface area contributed by atoms with Crippen molar-refractivity contribution in [1.29, 1.82) is 0 Å². The van der Waals surface area contributed by atoms with Gasteiger partial charge < -0.3 is 15.3 Å². The number of carbonyl (C=O) groups excluding carboxylic acids is 3. The van der Waals surface area contributed by atoms with Crippen molar-refractivity contribution in [2.24, 2.45) is 12.5 Å². The van der Waals surface area contributed by atoms with Crippen molar-refractivity contribution in [2.45, 2.75) is 25.8 Å². The first-order chi connectivity index (χ1) is 15.2. The highest BCUT2D eigenvalue weighted by molar-refractivity contribution is 6.06. The first kappa shape index (κ1) is 21.5. The molecule has 0 saturated carbocycles. The van der Waals surface area contributed by atoms with Crippen LogP contribution in [0.25, 0.3) is 0 Å². The molecule has 10 nitrogen and oxygen atoms in total. The largest absolute Gasteiger partial charge is 0.501 e. The minimum atomic E-state index is -0.907. The summed E-state index contributed by atoms with van der Waals surface area (Å²) < 4.78 is 14.2. The maximum Gasteiger partial charge on any atom is 0.297 e. The summed E-state index contributed by atoms with van der Waals surface area (Å²) in [6.07, 6.45) is 1.17. The van der Waals surface area contributed by atoms with E-state index in [-0.39, 0.29) is 37.3 Å². The van der Waals surface area contributed by atoms with Crippen molar-refractivity contribution in [3.05, 3.63) is 51.7 Å². The first-order valence-electron chi connectivity index (χ1n) is 10.1. The number of carbonyl (C=O) groups is 3. The number of nitrogens with one attached hydrogen (secondary N) is 2. The van der Waals surface area contributed by atoms with Gasteiger partial charge in [0.1, 0.15) is 5.82 Å². The highest BCUT2D eigenvalue weighted by atomic mass is 19.1. The number of benzene rings is 1. The number of hydrogen-bond donors (Lipinski definition) is 3. The molecule has 0 aliphatic carbocycles. The van der Waals surface area contributed by atoms with Crippen molar-refractivity contribution in [3.8, 4) is 5.75 Å². The zero-order valence-corrected chi connectivity index (χ0v) is 17.4. The molecular formula is C21H22FN5O5. The Labute approximate surface area is 182 Å². The van der Waals surface area contributed by atoms with Crippen LogP contribution in [0.3, 0.4) is 0 Å². The van der Waals surface area contributed by atoms with Crippen molar-refractivity contribution < 1.29 is 23.9 Å². The van der Waals surface area contributed by atoms with Gasteiger partial charge in [0.05, 0.1) is 5.41 Å². The van der Waals surface area contributed by atoms with Gasteiger partial charge in [-0.15, -0.1) is 0 Å². The number of aromatic hydroxyl groups is 1. The fourth-order valence-electron chi connectivity index (χ4n) is 4.21. The molecule has 168 valence electrons. The van der Waals surface area contributed by atoms with E-state index in [9.17, 15) is 28.7 Å². The van der Waals surface area contributed by atoms with Crippen molar-refractivity contribution in [1.82, 2.24) is 20.2 Å². The average molecular weight is 443 g/mol. The van der Waals surface area contributed by atoms with Crippen LogP contribution in [-0.2, 0) is 23.2 Å². The fourth-order valence-corrected chi connectivity index (χ4v) is 4.21. The summed E-state index contributed by atoms with van der Waals surface area (Å²) in [5.74, 6) is -2.56. The molecule has 1 aromatic carbocycles. The lowest BCUT2D eigenvalue weighted by molar-refractivity contribution is -0.128. The molecule has 3 N–H and O–H groups in total. The number of aromatic nitrogens is 2. The third-order valence-electron chi connectivity index (χ3n) is 5.92. The summed E-state index contributed by atoms with van der Waals surface area (Å²) in [6, 6.07) is 5.51. The van der Waals surface area contributed by atoms with E-state index in [2.05, 4.69) is 15.6 Å². The van der Waals surface area contributed by atoms with Crippen LogP contribution in [0, 0.1) is 11.2 Å². The molecule has 3 amide bonds. The quantitative estimate of drug-likeness (QED) is 0.575. The van der Waals surface area contributed by atoms with E-state index in [0.717, 1.165) is 4.57 Å². The van der Waals surface area contributed by atoms with Crippen LogP contribution >= 0.6 is 0 Å². The van der Waals surface area contributed by atoms with Crippen molar-refractivity contribution >= 4 is 23.7 Å². The summed E-state index contributed by atoms with van der Waals surface area (Å²) in [5.41, 5.74) is -1.54. The monoisotopic (exact) mass is 443 g/mol. The summed E-state index contributed by atoms with van der Waals surface area (Å²) >= 11 is 0. The topological polar surface area (TPSA) is 134 Å². The predicted molar refractivity (Wildman–Crippen MR) is 110 cm³/mol. The molecule has 2 aromatic rings. The Morgan fingerprint density at radius 3 is 2.66 bits per heavy atom. The van der Waals surface area contributed by atoms with E-state index in [1.807, 2.05) is 0 Å². The highest BCUT2D eigenvalue weighted by Gasteiger charge is 2.49. The van der Waals surface area contributed by atoms with Gasteiger partial charge >= 0.3 is 0 Å². The van der Waals surface area contributed by atoms with E-state index in [1.165, 1.54) is 31.3 Å². The SMILES string of the molecule is Cn1c(N2CCCC3(CC(=O)NC3=O)C2)nc(C(=O)NCc2ccc(F)cc2)c(O)c1=O. The molecule has 2 aliphatic rings. The summed E-state index contributed by atoms with van der Waals surface area (Å²) in [7, 11) is 1.41. The zero-order valence-electron chi connectivity index (χ0n) is 17.4. The van der Waals surface area contributed by atoms with Gasteiger partial charge in [-0.1, -0.05) is 12.1 Å². The van der Waals surface area contributed by atoms with E-state index in [4.69, 9.17) is 0 Å². The van der Waals surface area contributed by atoms with Crippen molar-refractivity contribution in [3.63, 3.8) is 0 Å². The normalized spacial score (nSPS) is 20.5. The molecule has 1 aromatic heterocycles. The molecule has 2 saturated heterocycles. The number of rotatable bonds is 4. The molecule has 1 atom stereocenters. The van der Waals surface area contributed by atoms with E-state index >= 15 is 0 Å². The van der Waals surface area contributed by atoms with Gasteiger partial charge in [-0.2, -0.15) is 0 Å². The molecule has 3 heterocycles. The van der Waals surface area contributed by atoms with Gasteiger partial charge in [0.2, 0.25) is 23.5 Å². The summed E-state index contributed by atoms with van der Waals surface area (Å²) in [5, 5.41) is 15.1. The summed E-state index contributed by atoms with van der Waals surface area (Å²) in [6.45, 7) is 0.664. The molecule has 1 spiro atoms. The Hall–Kier alpha value is -3.76. The van der Waals surface area contributed by atoms with Crippen LogP contribution in [0.15, 0.2) is 29.1 Å². The number of piperidine rings is 1. The fraction of sp³-hybridized carbons (Fsp3) is 0.381. The van der Waals surface area contributed by atoms with E-state index in [1.54, 1.807) is 4.90 Å². The Morgan fingerprint density at radius 2 is 2.00 bits per heavy atom. The minimum Gasteiger partial charge on any atom is -0.501 e. The summed E-state index contributed by atoms with van der Waals surface area (Å²) in [4.78, 5) is 55.3. The molecule has 0 bridgehead atoms.